The molecule has 0 saturated carbocycles. The first kappa shape index (κ1) is 11.3. The van der Waals surface area contributed by atoms with Crippen molar-refractivity contribution in [3.8, 4) is 0 Å². The van der Waals surface area contributed by atoms with Gasteiger partial charge in [-0.3, -0.25) is 14.4 Å². The number of nitrogens with zero attached hydrogens (tertiary/aromatic N) is 1. The second-order valence-corrected chi connectivity index (χ2v) is 3.58. The van der Waals surface area contributed by atoms with Crippen molar-refractivity contribution in [3.05, 3.63) is 11.1 Å². The van der Waals surface area contributed by atoms with Crippen molar-refractivity contribution in [1.82, 2.24) is 10.3 Å². The fraction of sp³-hybridized carbons (Fsp3) is 0.250. The smallest absolute Gasteiger partial charge is 0.287 e. The predicted octanol–water partition coefficient (Wildman–Crippen LogP) is -0.419. The highest BCUT2D eigenvalue weighted by molar-refractivity contribution is 7.13. The number of nitrogens with two attached hydrogens (primary N) is 1. The SMILES string of the molecule is CC(=O)C(=O)NC([C]=O)c1csc(N)n1. The zero-order valence-corrected chi connectivity index (χ0v) is 8.63. The number of hydrogen-bond donors (Lipinski definition) is 2. The van der Waals surface area contributed by atoms with E-state index in [1.807, 2.05) is 0 Å². The third kappa shape index (κ3) is 2.84. The lowest BCUT2D eigenvalue weighted by Gasteiger charge is -2.07. The molecule has 3 N–H and O–H groups in total. The number of rotatable bonds is 4. The number of hydrogen-bond acceptors (Lipinski definition) is 6. The van der Waals surface area contributed by atoms with Crippen LogP contribution < -0.4 is 11.1 Å². The lowest BCUT2D eigenvalue weighted by molar-refractivity contribution is -0.136. The number of amides is 1. The molecule has 0 fully saturated rings. The minimum atomic E-state index is -1.05. The van der Waals surface area contributed by atoms with Crippen LogP contribution in [0.2, 0.25) is 0 Å². The van der Waals surface area contributed by atoms with Gasteiger partial charge in [-0.05, 0) is 0 Å². The number of Topliss-reactive ketones (excluding diaryl/α,β-unsaturated/α-hetero) is 1. The number of anilines is 1. The van der Waals surface area contributed by atoms with Crippen LogP contribution in [-0.4, -0.2) is 23.0 Å². The van der Waals surface area contributed by atoms with Crippen LogP contribution in [0.1, 0.15) is 18.7 Å². The molecule has 1 radical (unpaired) electrons. The Bertz CT molecular complexity index is 402. The van der Waals surface area contributed by atoms with Crippen LogP contribution in [-0.2, 0) is 14.4 Å². The molecule has 1 aromatic heterocycles. The number of thiazole rings is 1. The molecule has 6 nitrogen and oxygen atoms in total. The molecule has 1 unspecified atom stereocenters. The van der Waals surface area contributed by atoms with Gasteiger partial charge in [0.05, 0.1) is 5.69 Å². The molecule has 0 spiro atoms. The highest BCUT2D eigenvalue weighted by Crippen LogP contribution is 2.16. The van der Waals surface area contributed by atoms with Gasteiger partial charge in [0.15, 0.2) is 5.13 Å². The molecular formula is C8H8N3O3S. The summed E-state index contributed by atoms with van der Waals surface area (Å²) in [7, 11) is 0. The molecular weight excluding hydrogens is 218 g/mol. The average molecular weight is 226 g/mol. The molecule has 1 heterocycles. The molecule has 1 atom stereocenters. The Balaban J connectivity index is 2.77. The maximum absolute atomic E-state index is 11.0. The Morgan fingerprint density at radius 3 is 2.73 bits per heavy atom. The zero-order chi connectivity index (χ0) is 11.4. The van der Waals surface area contributed by atoms with E-state index < -0.39 is 17.7 Å². The maximum Gasteiger partial charge on any atom is 0.287 e. The van der Waals surface area contributed by atoms with Crippen molar-refractivity contribution < 1.29 is 14.4 Å². The van der Waals surface area contributed by atoms with Gasteiger partial charge in [0.1, 0.15) is 6.04 Å². The summed E-state index contributed by atoms with van der Waals surface area (Å²) in [6.07, 6.45) is 1.57. The molecule has 0 saturated heterocycles. The van der Waals surface area contributed by atoms with Crippen LogP contribution in [0, 0.1) is 0 Å². The largest absolute Gasteiger partial charge is 0.375 e. The highest BCUT2D eigenvalue weighted by Gasteiger charge is 2.19. The van der Waals surface area contributed by atoms with Crippen molar-refractivity contribution in [2.45, 2.75) is 13.0 Å². The Morgan fingerprint density at radius 1 is 1.67 bits per heavy atom. The molecule has 15 heavy (non-hydrogen) atoms. The molecule has 1 rings (SSSR count). The molecule has 7 heteroatoms. The lowest BCUT2D eigenvalue weighted by atomic mass is 10.2. The summed E-state index contributed by atoms with van der Waals surface area (Å²) in [4.78, 5) is 36.0. The number of aromatic nitrogens is 1. The predicted molar refractivity (Wildman–Crippen MR) is 53.8 cm³/mol. The summed E-state index contributed by atoms with van der Waals surface area (Å²) in [6, 6.07) is -1.05. The van der Waals surface area contributed by atoms with Crippen molar-refractivity contribution >= 4 is 34.4 Å². The third-order valence-electron chi connectivity index (χ3n) is 1.55. The van der Waals surface area contributed by atoms with Gasteiger partial charge in [0.2, 0.25) is 12.1 Å². The standard InChI is InChI=1S/C8H8N3O3S/c1-4(13)7(14)10-5(2-12)6-3-15-8(9)11-6/h3,5H,1H3,(H2,9,11)(H,10,14). The van der Waals surface area contributed by atoms with Gasteiger partial charge in [-0.1, -0.05) is 0 Å². The minimum Gasteiger partial charge on any atom is -0.375 e. The van der Waals surface area contributed by atoms with Crippen molar-refractivity contribution in [2.24, 2.45) is 0 Å². The van der Waals surface area contributed by atoms with Crippen molar-refractivity contribution in [2.75, 3.05) is 5.73 Å². The van der Waals surface area contributed by atoms with E-state index in [0.717, 1.165) is 18.3 Å². The first-order valence-electron chi connectivity index (χ1n) is 3.94. The van der Waals surface area contributed by atoms with Crippen LogP contribution in [0.4, 0.5) is 5.13 Å². The zero-order valence-electron chi connectivity index (χ0n) is 7.81. The lowest BCUT2D eigenvalue weighted by Crippen LogP contribution is -2.33. The van der Waals surface area contributed by atoms with E-state index in [-0.39, 0.29) is 10.8 Å². The maximum atomic E-state index is 11.0. The number of carbonyl (C=O) groups is 2. The van der Waals surface area contributed by atoms with Gasteiger partial charge in [-0.2, -0.15) is 0 Å². The highest BCUT2D eigenvalue weighted by atomic mass is 32.1. The Labute approximate surface area is 89.5 Å². The summed E-state index contributed by atoms with van der Waals surface area (Å²) in [6.45, 7) is 1.10. The first-order chi connectivity index (χ1) is 7.04. The van der Waals surface area contributed by atoms with E-state index >= 15 is 0 Å². The molecule has 0 bridgehead atoms. The normalized spacial score (nSPS) is 11.8. The minimum absolute atomic E-state index is 0.280. The number of nitrogen functional groups attached to an aromatic ring is 1. The molecule has 0 aliphatic carbocycles. The van der Waals surface area contributed by atoms with E-state index in [4.69, 9.17) is 5.73 Å². The van der Waals surface area contributed by atoms with Crippen LogP contribution >= 0.6 is 11.3 Å². The van der Waals surface area contributed by atoms with Gasteiger partial charge >= 0.3 is 0 Å². The second kappa shape index (κ2) is 4.65. The fourth-order valence-electron chi connectivity index (χ4n) is 0.830. The molecule has 1 aromatic rings. The summed E-state index contributed by atoms with van der Waals surface area (Å²) in [5.41, 5.74) is 5.64. The van der Waals surface area contributed by atoms with Gasteiger partial charge in [0, 0.05) is 12.3 Å². The molecule has 0 aromatic carbocycles. The first-order valence-corrected chi connectivity index (χ1v) is 4.82. The summed E-state index contributed by atoms with van der Waals surface area (Å²) in [5.74, 6) is -1.53. The van der Waals surface area contributed by atoms with Crippen LogP contribution in [0.3, 0.4) is 0 Å². The van der Waals surface area contributed by atoms with Gasteiger partial charge in [-0.25, -0.2) is 4.98 Å². The van der Waals surface area contributed by atoms with Crippen LogP contribution in [0.25, 0.3) is 0 Å². The molecule has 0 aliphatic heterocycles. The van der Waals surface area contributed by atoms with Crippen molar-refractivity contribution in [1.29, 1.82) is 0 Å². The monoisotopic (exact) mass is 226 g/mol. The quantitative estimate of drug-likeness (QED) is 0.679. The van der Waals surface area contributed by atoms with Gasteiger partial charge in [0.25, 0.3) is 5.91 Å². The third-order valence-corrected chi connectivity index (χ3v) is 2.24. The Kier molecular flexibility index (Phi) is 3.51. The average Bonchev–Trinajstić information content (AvgIpc) is 2.60. The van der Waals surface area contributed by atoms with E-state index in [1.54, 1.807) is 6.29 Å². The summed E-state index contributed by atoms with van der Waals surface area (Å²) < 4.78 is 0. The summed E-state index contributed by atoms with van der Waals surface area (Å²) in [5, 5.41) is 3.97. The van der Waals surface area contributed by atoms with E-state index in [0.29, 0.717) is 0 Å². The number of ketones is 1. The van der Waals surface area contributed by atoms with Gasteiger partial charge < -0.3 is 11.1 Å². The Morgan fingerprint density at radius 2 is 2.33 bits per heavy atom. The topological polar surface area (TPSA) is 102 Å². The van der Waals surface area contributed by atoms with Crippen molar-refractivity contribution in [3.63, 3.8) is 0 Å². The van der Waals surface area contributed by atoms with E-state index in [2.05, 4.69) is 10.3 Å². The molecule has 1 amide bonds. The summed E-state index contributed by atoms with van der Waals surface area (Å²) >= 11 is 1.14. The fourth-order valence-corrected chi connectivity index (χ4v) is 1.42. The number of nitrogens with one attached hydrogen (secondary N) is 1. The van der Waals surface area contributed by atoms with E-state index in [1.165, 1.54) is 5.38 Å². The van der Waals surface area contributed by atoms with Crippen LogP contribution in [0.5, 0.6) is 0 Å². The second-order valence-electron chi connectivity index (χ2n) is 2.69. The molecule has 79 valence electrons. The number of carbonyl (C=O) groups excluding carboxylic acids is 3. The Hall–Kier alpha value is -1.76. The van der Waals surface area contributed by atoms with Crippen LogP contribution in [0.15, 0.2) is 5.38 Å². The van der Waals surface area contributed by atoms with Gasteiger partial charge in [-0.15, -0.1) is 11.3 Å². The molecule has 0 aliphatic rings. The van der Waals surface area contributed by atoms with E-state index in [9.17, 15) is 14.4 Å².